The minimum absolute atomic E-state index is 0.000937. The Bertz CT molecular complexity index is 679. The second-order valence-corrected chi connectivity index (χ2v) is 5.24. The van der Waals surface area contributed by atoms with E-state index in [0.29, 0.717) is 12.3 Å². The predicted octanol–water partition coefficient (Wildman–Crippen LogP) is 2.29. The first-order chi connectivity index (χ1) is 10.4. The summed E-state index contributed by atoms with van der Waals surface area (Å²) in [5, 5.41) is 12.6. The number of nitrogens with zero attached hydrogens (tertiary/aromatic N) is 2. The van der Waals surface area contributed by atoms with Gasteiger partial charge in [0, 0.05) is 25.0 Å². The van der Waals surface area contributed by atoms with Crippen molar-refractivity contribution in [3.8, 4) is 5.75 Å². The van der Waals surface area contributed by atoms with Crippen molar-refractivity contribution < 1.29 is 14.6 Å². The lowest BCUT2D eigenvalue weighted by atomic mass is 10.0. The van der Waals surface area contributed by atoms with Gasteiger partial charge in [0.1, 0.15) is 17.1 Å². The SMILES string of the molecule is COc1ccc([C@H](C)NCc2ncc(C)n2C)cc1C(=O)O. The van der Waals surface area contributed by atoms with E-state index in [1.165, 1.54) is 7.11 Å². The molecule has 0 spiro atoms. The van der Waals surface area contributed by atoms with Crippen molar-refractivity contribution in [1.29, 1.82) is 0 Å². The van der Waals surface area contributed by atoms with Gasteiger partial charge in [0.05, 0.1) is 13.7 Å². The van der Waals surface area contributed by atoms with Gasteiger partial charge in [-0.05, 0) is 31.5 Å². The van der Waals surface area contributed by atoms with Crippen LogP contribution in [0.5, 0.6) is 5.75 Å². The van der Waals surface area contributed by atoms with Crippen molar-refractivity contribution in [2.24, 2.45) is 7.05 Å². The molecule has 0 aliphatic rings. The summed E-state index contributed by atoms with van der Waals surface area (Å²) >= 11 is 0. The lowest BCUT2D eigenvalue weighted by molar-refractivity contribution is 0.0693. The number of aryl methyl sites for hydroxylation is 1. The number of benzene rings is 1. The highest BCUT2D eigenvalue weighted by atomic mass is 16.5. The van der Waals surface area contributed by atoms with Crippen LogP contribution in [0.1, 0.15) is 40.4 Å². The molecule has 1 aromatic heterocycles. The molecule has 0 amide bonds. The van der Waals surface area contributed by atoms with Gasteiger partial charge in [0.15, 0.2) is 0 Å². The average molecular weight is 303 g/mol. The van der Waals surface area contributed by atoms with Crippen LogP contribution in [0, 0.1) is 6.92 Å². The van der Waals surface area contributed by atoms with Gasteiger partial charge in [-0.25, -0.2) is 9.78 Å². The molecule has 6 heteroatoms. The molecule has 1 aromatic carbocycles. The van der Waals surface area contributed by atoms with E-state index in [-0.39, 0.29) is 11.6 Å². The lowest BCUT2D eigenvalue weighted by Crippen LogP contribution is -2.20. The number of aromatic carboxylic acids is 1. The Morgan fingerprint density at radius 1 is 1.50 bits per heavy atom. The number of aromatic nitrogens is 2. The van der Waals surface area contributed by atoms with Crippen LogP contribution in [0.3, 0.4) is 0 Å². The van der Waals surface area contributed by atoms with Crippen LogP contribution >= 0.6 is 0 Å². The van der Waals surface area contributed by atoms with E-state index in [2.05, 4.69) is 10.3 Å². The number of rotatable bonds is 6. The summed E-state index contributed by atoms with van der Waals surface area (Å²) in [6.07, 6.45) is 1.83. The Kier molecular flexibility index (Phi) is 4.82. The number of carboxylic acids is 1. The molecule has 0 radical (unpaired) electrons. The highest BCUT2D eigenvalue weighted by Gasteiger charge is 2.15. The third-order valence-electron chi connectivity index (χ3n) is 3.84. The maximum absolute atomic E-state index is 11.3. The van der Waals surface area contributed by atoms with Gasteiger partial charge in [0.2, 0.25) is 0 Å². The summed E-state index contributed by atoms with van der Waals surface area (Å²) in [4.78, 5) is 15.6. The first-order valence-corrected chi connectivity index (χ1v) is 7.05. The summed E-state index contributed by atoms with van der Waals surface area (Å²) < 4.78 is 7.10. The molecule has 1 atom stereocenters. The van der Waals surface area contributed by atoms with E-state index in [9.17, 15) is 9.90 Å². The number of carbonyl (C=O) groups is 1. The smallest absolute Gasteiger partial charge is 0.339 e. The van der Waals surface area contributed by atoms with E-state index >= 15 is 0 Å². The molecule has 2 N–H and O–H groups in total. The highest BCUT2D eigenvalue weighted by Crippen LogP contribution is 2.23. The second kappa shape index (κ2) is 6.62. The normalized spacial score (nSPS) is 12.2. The third-order valence-corrected chi connectivity index (χ3v) is 3.84. The van der Waals surface area contributed by atoms with Gasteiger partial charge < -0.3 is 19.7 Å². The van der Waals surface area contributed by atoms with Crippen molar-refractivity contribution in [3.05, 3.63) is 47.0 Å². The Labute approximate surface area is 129 Å². The molecule has 0 bridgehead atoms. The zero-order valence-corrected chi connectivity index (χ0v) is 13.3. The molecule has 2 aromatic rings. The van der Waals surface area contributed by atoms with Crippen molar-refractivity contribution in [2.75, 3.05) is 7.11 Å². The number of ether oxygens (including phenoxy) is 1. The molecule has 0 fully saturated rings. The Morgan fingerprint density at radius 3 is 2.77 bits per heavy atom. The number of imidazole rings is 1. The topological polar surface area (TPSA) is 76.4 Å². The van der Waals surface area contributed by atoms with Gasteiger partial charge >= 0.3 is 5.97 Å². The average Bonchev–Trinajstić information content (AvgIpc) is 2.83. The highest BCUT2D eigenvalue weighted by molar-refractivity contribution is 5.91. The van der Waals surface area contributed by atoms with Crippen LogP contribution in [0.4, 0.5) is 0 Å². The van der Waals surface area contributed by atoms with E-state index in [1.807, 2.05) is 37.7 Å². The van der Waals surface area contributed by atoms with Crippen molar-refractivity contribution in [2.45, 2.75) is 26.4 Å². The third kappa shape index (κ3) is 3.28. The number of hydrogen-bond acceptors (Lipinski definition) is 4. The molecule has 118 valence electrons. The van der Waals surface area contributed by atoms with Crippen LogP contribution in [0.15, 0.2) is 24.4 Å². The van der Waals surface area contributed by atoms with Crippen LogP contribution in [-0.4, -0.2) is 27.7 Å². The van der Waals surface area contributed by atoms with Gasteiger partial charge in [0.25, 0.3) is 0 Å². The Hall–Kier alpha value is -2.34. The molecular weight excluding hydrogens is 282 g/mol. The summed E-state index contributed by atoms with van der Waals surface area (Å²) in [6, 6.07) is 5.19. The maximum Gasteiger partial charge on any atom is 0.339 e. The van der Waals surface area contributed by atoms with E-state index < -0.39 is 5.97 Å². The van der Waals surface area contributed by atoms with Crippen molar-refractivity contribution in [3.63, 3.8) is 0 Å². The minimum atomic E-state index is -0.995. The minimum Gasteiger partial charge on any atom is -0.496 e. The fourth-order valence-electron chi connectivity index (χ4n) is 2.23. The van der Waals surface area contributed by atoms with Crippen molar-refractivity contribution >= 4 is 5.97 Å². The van der Waals surface area contributed by atoms with Crippen LogP contribution in [-0.2, 0) is 13.6 Å². The summed E-state index contributed by atoms with van der Waals surface area (Å²) in [7, 11) is 3.44. The van der Waals surface area contributed by atoms with Gasteiger partial charge in [-0.15, -0.1) is 0 Å². The molecule has 0 unspecified atom stereocenters. The number of carboxylic acid groups (broad SMARTS) is 1. The zero-order chi connectivity index (χ0) is 16.3. The van der Waals surface area contributed by atoms with Crippen molar-refractivity contribution in [1.82, 2.24) is 14.9 Å². The molecular formula is C16H21N3O3. The first-order valence-electron chi connectivity index (χ1n) is 7.05. The molecule has 0 saturated carbocycles. The van der Waals surface area contributed by atoms with Gasteiger partial charge in [-0.1, -0.05) is 6.07 Å². The summed E-state index contributed by atoms with van der Waals surface area (Å²) in [6.45, 7) is 4.60. The molecule has 1 heterocycles. The van der Waals surface area contributed by atoms with E-state index in [0.717, 1.165) is 17.1 Å². The lowest BCUT2D eigenvalue weighted by Gasteiger charge is -2.16. The van der Waals surface area contributed by atoms with E-state index in [4.69, 9.17) is 4.74 Å². The number of methoxy groups -OCH3 is 1. The summed E-state index contributed by atoms with van der Waals surface area (Å²) in [5.41, 5.74) is 2.16. The monoisotopic (exact) mass is 303 g/mol. The summed E-state index contributed by atoms with van der Waals surface area (Å²) in [5.74, 6) is 0.310. The Morgan fingerprint density at radius 2 is 2.23 bits per heavy atom. The standard InChI is InChI=1S/C16H21N3O3/c1-10-8-18-15(19(10)3)9-17-11(2)12-5-6-14(22-4)13(7-12)16(20)21/h5-8,11,17H,9H2,1-4H3,(H,20,21)/t11-/m0/s1. The molecule has 0 saturated heterocycles. The predicted molar refractivity (Wildman–Crippen MR) is 83.2 cm³/mol. The van der Waals surface area contributed by atoms with Gasteiger partial charge in [-0.3, -0.25) is 0 Å². The van der Waals surface area contributed by atoms with E-state index in [1.54, 1.807) is 12.1 Å². The van der Waals surface area contributed by atoms with Crippen LogP contribution < -0.4 is 10.1 Å². The maximum atomic E-state index is 11.3. The largest absolute Gasteiger partial charge is 0.496 e. The number of hydrogen-bond donors (Lipinski definition) is 2. The van der Waals surface area contributed by atoms with Gasteiger partial charge in [-0.2, -0.15) is 0 Å². The van der Waals surface area contributed by atoms with Crippen LogP contribution in [0.2, 0.25) is 0 Å². The molecule has 6 nitrogen and oxygen atoms in total. The molecule has 2 rings (SSSR count). The first kappa shape index (κ1) is 16.0. The molecule has 22 heavy (non-hydrogen) atoms. The quantitative estimate of drug-likeness (QED) is 0.856. The van der Waals surface area contributed by atoms with Crippen LogP contribution in [0.25, 0.3) is 0 Å². The fourth-order valence-corrected chi connectivity index (χ4v) is 2.23. The Balaban J connectivity index is 2.12. The zero-order valence-electron chi connectivity index (χ0n) is 13.3. The fraction of sp³-hybridized carbons (Fsp3) is 0.375. The molecule has 0 aliphatic carbocycles. The molecule has 0 aliphatic heterocycles. The second-order valence-electron chi connectivity index (χ2n) is 5.24. The number of nitrogens with one attached hydrogen (secondary N) is 1.